The summed E-state index contributed by atoms with van der Waals surface area (Å²) >= 11 is 0. The highest BCUT2D eigenvalue weighted by Crippen LogP contribution is 2.30. The maximum atomic E-state index is 12.2. The minimum Gasteiger partial charge on any atom is -0.381 e. The van der Waals surface area contributed by atoms with Crippen molar-refractivity contribution in [1.29, 1.82) is 5.26 Å². The number of ether oxygens (including phenoxy) is 2. The van der Waals surface area contributed by atoms with Gasteiger partial charge >= 0.3 is 0 Å². The molecule has 0 spiro atoms. The third-order valence-electron chi connectivity index (χ3n) is 4.05. The van der Waals surface area contributed by atoms with Gasteiger partial charge in [-0.25, -0.2) is 0 Å². The second-order valence-corrected chi connectivity index (χ2v) is 5.14. The molecule has 2 rings (SSSR count). The van der Waals surface area contributed by atoms with E-state index in [-0.39, 0.29) is 12.0 Å². The lowest BCUT2D eigenvalue weighted by Gasteiger charge is -2.29. The predicted octanol–water partition coefficient (Wildman–Crippen LogP) is 0.848. The van der Waals surface area contributed by atoms with Crippen LogP contribution in [-0.4, -0.2) is 38.4 Å². The molecule has 2 aliphatic heterocycles. The van der Waals surface area contributed by atoms with Gasteiger partial charge < -0.3 is 14.8 Å². The summed E-state index contributed by atoms with van der Waals surface area (Å²) in [5, 5.41) is 12.2. The Kier molecular flexibility index (Phi) is 4.20. The van der Waals surface area contributed by atoms with Crippen LogP contribution < -0.4 is 5.32 Å². The molecule has 0 saturated carbocycles. The molecule has 100 valence electrons. The van der Waals surface area contributed by atoms with Gasteiger partial charge in [0, 0.05) is 32.3 Å². The topological polar surface area (TPSA) is 71.3 Å². The van der Waals surface area contributed by atoms with E-state index in [0.29, 0.717) is 38.5 Å². The van der Waals surface area contributed by atoms with E-state index in [1.807, 2.05) is 6.92 Å². The smallest absolute Gasteiger partial charge is 0.240 e. The average Bonchev–Trinajstić information content (AvgIpc) is 2.82. The summed E-state index contributed by atoms with van der Waals surface area (Å²) in [6.07, 6.45) is 2.15. The zero-order chi connectivity index (χ0) is 13.0. The number of carbonyl (C=O) groups is 1. The van der Waals surface area contributed by atoms with Gasteiger partial charge in [-0.05, 0) is 26.2 Å². The Morgan fingerprint density at radius 2 is 2.17 bits per heavy atom. The van der Waals surface area contributed by atoms with Crippen LogP contribution >= 0.6 is 0 Å². The lowest BCUT2D eigenvalue weighted by molar-refractivity contribution is -0.132. The number of nitrogens with one attached hydrogen (secondary N) is 1. The number of hydrogen-bond acceptors (Lipinski definition) is 4. The summed E-state index contributed by atoms with van der Waals surface area (Å²) in [5.41, 5.74) is -0.888. The number of nitriles is 1. The van der Waals surface area contributed by atoms with Crippen molar-refractivity contribution in [3.8, 4) is 6.07 Å². The lowest BCUT2D eigenvalue weighted by atomic mass is 9.80. The first-order valence-electron chi connectivity index (χ1n) is 6.57. The quantitative estimate of drug-likeness (QED) is 0.808. The average molecular weight is 252 g/mol. The molecule has 0 radical (unpaired) electrons. The van der Waals surface area contributed by atoms with Gasteiger partial charge in [-0.3, -0.25) is 4.79 Å². The Morgan fingerprint density at radius 3 is 2.72 bits per heavy atom. The molecule has 5 nitrogen and oxygen atoms in total. The summed E-state index contributed by atoms with van der Waals surface area (Å²) in [6.45, 7) is 4.37. The fraction of sp³-hybridized carbons (Fsp3) is 0.846. The van der Waals surface area contributed by atoms with Crippen LogP contribution in [-0.2, 0) is 14.3 Å². The van der Waals surface area contributed by atoms with Crippen LogP contribution in [0, 0.1) is 22.7 Å². The number of nitrogens with zero attached hydrogens (tertiary/aromatic N) is 1. The Morgan fingerprint density at radius 1 is 1.44 bits per heavy atom. The zero-order valence-corrected chi connectivity index (χ0v) is 10.8. The number of amides is 1. The van der Waals surface area contributed by atoms with Crippen molar-refractivity contribution >= 4 is 5.91 Å². The standard InChI is InChI=1S/C13H20N2O3/c1-10-11(2-5-18-10)8-15-12(16)13(9-14)3-6-17-7-4-13/h10-11H,2-8H2,1H3,(H,15,16). The normalized spacial score (nSPS) is 30.7. The Balaban J connectivity index is 1.88. The maximum absolute atomic E-state index is 12.2. The Labute approximate surface area is 107 Å². The van der Waals surface area contributed by atoms with Crippen molar-refractivity contribution in [3.05, 3.63) is 0 Å². The fourth-order valence-electron chi connectivity index (χ4n) is 2.55. The van der Waals surface area contributed by atoms with Gasteiger partial charge in [0.25, 0.3) is 0 Å². The molecule has 1 amide bonds. The van der Waals surface area contributed by atoms with E-state index in [0.717, 1.165) is 13.0 Å². The minimum absolute atomic E-state index is 0.146. The third kappa shape index (κ3) is 2.65. The molecular formula is C13H20N2O3. The van der Waals surface area contributed by atoms with Crippen LogP contribution in [0.15, 0.2) is 0 Å². The molecule has 2 atom stereocenters. The van der Waals surface area contributed by atoms with E-state index >= 15 is 0 Å². The van der Waals surface area contributed by atoms with Gasteiger partial charge in [-0.15, -0.1) is 0 Å². The molecule has 2 aliphatic rings. The van der Waals surface area contributed by atoms with Gasteiger partial charge in [-0.1, -0.05) is 0 Å². The number of rotatable bonds is 3. The molecule has 0 aromatic rings. The van der Waals surface area contributed by atoms with E-state index in [1.165, 1.54) is 0 Å². The zero-order valence-electron chi connectivity index (χ0n) is 10.8. The summed E-state index contributed by atoms with van der Waals surface area (Å²) in [4.78, 5) is 12.2. The van der Waals surface area contributed by atoms with Gasteiger partial charge in [0.1, 0.15) is 5.41 Å². The fourth-order valence-corrected chi connectivity index (χ4v) is 2.55. The lowest BCUT2D eigenvalue weighted by Crippen LogP contribution is -2.45. The van der Waals surface area contributed by atoms with Crippen LogP contribution in [0.5, 0.6) is 0 Å². The number of hydrogen-bond donors (Lipinski definition) is 1. The molecular weight excluding hydrogens is 232 g/mol. The molecule has 18 heavy (non-hydrogen) atoms. The molecule has 0 bridgehead atoms. The highest BCUT2D eigenvalue weighted by molar-refractivity contribution is 5.85. The summed E-state index contributed by atoms with van der Waals surface area (Å²) in [6, 6.07) is 2.18. The van der Waals surface area contributed by atoms with Crippen LogP contribution in [0.3, 0.4) is 0 Å². The van der Waals surface area contributed by atoms with Crippen LogP contribution in [0.4, 0.5) is 0 Å². The highest BCUT2D eigenvalue weighted by atomic mass is 16.5. The summed E-state index contributed by atoms with van der Waals surface area (Å²) in [5.74, 6) is 0.219. The molecule has 2 heterocycles. The molecule has 2 saturated heterocycles. The van der Waals surface area contributed by atoms with Crippen molar-refractivity contribution in [2.45, 2.75) is 32.3 Å². The predicted molar refractivity (Wildman–Crippen MR) is 64.6 cm³/mol. The SMILES string of the molecule is CC1OCCC1CNC(=O)C1(C#N)CCOCC1. The summed E-state index contributed by atoms with van der Waals surface area (Å²) < 4.78 is 10.7. The first-order valence-corrected chi connectivity index (χ1v) is 6.57. The van der Waals surface area contributed by atoms with E-state index in [2.05, 4.69) is 11.4 Å². The third-order valence-corrected chi connectivity index (χ3v) is 4.05. The molecule has 2 fully saturated rings. The second kappa shape index (κ2) is 5.68. The van der Waals surface area contributed by atoms with Crippen molar-refractivity contribution < 1.29 is 14.3 Å². The number of carbonyl (C=O) groups excluding carboxylic acids is 1. The van der Waals surface area contributed by atoms with Crippen molar-refractivity contribution in [2.75, 3.05) is 26.4 Å². The van der Waals surface area contributed by atoms with E-state index < -0.39 is 5.41 Å². The molecule has 0 aliphatic carbocycles. The molecule has 0 aromatic heterocycles. The molecule has 5 heteroatoms. The van der Waals surface area contributed by atoms with Crippen molar-refractivity contribution in [1.82, 2.24) is 5.32 Å². The Hall–Kier alpha value is -1.12. The monoisotopic (exact) mass is 252 g/mol. The molecule has 0 aromatic carbocycles. The minimum atomic E-state index is -0.888. The van der Waals surface area contributed by atoms with Crippen LogP contribution in [0.1, 0.15) is 26.2 Å². The van der Waals surface area contributed by atoms with Crippen molar-refractivity contribution in [3.63, 3.8) is 0 Å². The van der Waals surface area contributed by atoms with Crippen LogP contribution in [0.25, 0.3) is 0 Å². The summed E-state index contributed by atoms with van der Waals surface area (Å²) in [7, 11) is 0. The first kappa shape index (κ1) is 13.3. The Bertz CT molecular complexity index is 345. The molecule has 2 unspecified atom stereocenters. The first-order chi connectivity index (χ1) is 8.68. The van der Waals surface area contributed by atoms with Gasteiger partial charge in [0.05, 0.1) is 12.2 Å². The van der Waals surface area contributed by atoms with Gasteiger partial charge in [-0.2, -0.15) is 5.26 Å². The highest BCUT2D eigenvalue weighted by Gasteiger charge is 2.40. The van der Waals surface area contributed by atoms with Gasteiger partial charge in [0.15, 0.2) is 0 Å². The maximum Gasteiger partial charge on any atom is 0.240 e. The largest absolute Gasteiger partial charge is 0.381 e. The van der Waals surface area contributed by atoms with E-state index in [4.69, 9.17) is 9.47 Å². The van der Waals surface area contributed by atoms with E-state index in [9.17, 15) is 10.1 Å². The molecule has 1 N–H and O–H groups in total. The van der Waals surface area contributed by atoms with Crippen molar-refractivity contribution in [2.24, 2.45) is 11.3 Å². The van der Waals surface area contributed by atoms with Gasteiger partial charge in [0.2, 0.25) is 5.91 Å². The van der Waals surface area contributed by atoms with E-state index in [1.54, 1.807) is 0 Å². The second-order valence-electron chi connectivity index (χ2n) is 5.14. The van der Waals surface area contributed by atoms with Crippen LogP contribution in [0.2, 0.25) is 0 Å².